The average molecular weight is 591 g/mol. The number of aliphatic hydroxyl groups excluding tert-OH is 3. The lowest BCUT2D eigenvalue weighted by Crippen LogP contribution is -2.71. The van der Waals surface area contributed by atoms with Crippen molar-refractivity contribution in [1.82, 2.24) is 15.1 Å². The van der Waals surface area contributed by atoms with Gasteiger partial charge in [0.2, 0.25) is 11.7 Å². The van der Waals surface area contributed by atoms with Gasteiger partial charge in [-0.15, -0.1) is 0 Å². The van der Waals surface area contributed by atoms with Crippen molar-refractivity contribution in [3.8, 4) is 0 Å². The number of likely N-dealkylation sites (N-methyl/N-ethyl adjacent to an activating group) is 1. The number of benzene rings is 1. The molecule has 42 heavy (non-hydrogen) atoms. The summed E-state index contributed by atoms with van der Waals surface area (Å²) in [4.78, 5) is 39.6. The predicted molar refractivity (Wildman–Crippen MR) is 142 cm³/mol. The van der Waals surface area contributed by atoms with Gasteiger partial charge in [-0.05, 0) is 11.6 Å². The summed E-state index contributed by atoms with van der Waals surface area (Å²) in [7, 11) is 6.28. The highest BCUT2D eigenvalue weighted by Crippen LogP contribution is 2.35. The zero-order valence-electron chi connectivity index (χ0n) is 22.6. The molecule has 3 rings (SSSR count). The minimum Gasteiger partial charge on any atom is -0.505 e. The zero-order chi connectivity index (χ0) is 31.4. The molecule has 2 atom stereocenters. The third-order valence-corrected chi connectivity index (χ3v) is 6.82. The van der Waals surface area contributed by atoms with Crippen LogP contribution in [0.25, 0.3) is 0 Å². The van der Waals surface area contributed by atoms with Crippen LogP contribution in [0.5, 0.6) is 0 Å². The maximum atomic E-state index is 14.8. The Balaban J connectivity index is 1.93. The zero-order valence-corrected chi connectivity index (χ0v) is 22.6. The Labute approximate surface area is 241 Å². The molecule has 2 fully saturated rings. The summed E-state index contributed by atoms with van der Waals surface area (Å²) >= 11 is 0. The third-order valence-electron chi connectivity index (χ3n) is 6.82. The highest BCUT2D eigenvalue weighted by Gasteiger charge is 2.58. The number of rotatable bonds is 11. The van der Waals surface area contributed by atoms with Crippen molar-refractivity contribution in [2.45, 2.75) is 30.5 Å². The number of amides is 2. The van der Waals surface area contributed by atoms with Gasteiger partial charge in [-0.2, -0.15) is 0 Å². The predicted octanol–water partition coefficient (Wildman–Crippen LogP) is -1.48. The lowest BCUT2D eigenvalue weighted by molar-refractivity contribution is -0.257. The van der Waals surface area contributed by atoms with Gasteiger partial charge in [0.05, 0.1) is 30.9 Å². The van der Waals surface area contributed by atoms with Crippen LogP contribution in [0.15, 0.2) is 53.4 Å². The van der Waals surface area contributed by atoms with Gasteiger partial charge in [-0.25, -0.2) is 4.39 Å². The Kier molecular flexibility index (Phi) is 10.0. The number of aliphatic hydroxyl groups is 6. The number of nitrogens with zero attached hydrogens (tertiary/aromatic N) is 2. The molecule has 2 radical (unpaired) electrons. The van der Waals surface area contributed by atoms with Crippen molar-refractivity contribution in [1.29, 1.82) is 0 Å². The van der Waals surface area contributed by atoms with Gasteiger partial charge in [0, 0.05) is 32.2 Å². The van der Waals surface area contributed by atoms with E-state index in [1.54, 1.807) is 6.07 Å². The van der Waals surface area contributed by atoms with Crippen LogP contribution in [-0.2, 0) is 37.0 Å². The number of ether oxygens (including phenoxy) is 2. The molecule has 2 saturated heterocycles. The van der Waals surface area contributed by atoms with E-state index in [9.17, 15) is 49.4 Å². The first kappa shape index (κ1) is 32.6. The minimum atomic E-state index is -3.81. The van der Waals surface area contributed by atoms with E-state index in [4.69, 9.17) is 17.3 Å². The van der Waals surface area contributed by atoms with Gasteiger partial charge in [0.15, 0.2) is 17.6 Å². The number of carbonyl (C=O) groups excluding carboxylic acids is 3. The van der Waals surface area contributed by atoms with Gasteiger partial charge < -0.3 is 55.1 Å². The second-order valence-corrected chi connectivity index (χ2v) is 9.68. The first-order chi connectivity index (χ1) is 19.7. The quantitative estimate of drug-likeness (QED) is 0.0517. The maximum absolute atomic E-state index is 14.8. The van der Waals surface area contributed by atoms with Gasteiger partial charge in [-0.3, -0.25) is 14.5 Å². The molecule has 2 unspecified atom stereocenters. The number of likely N-dealkylation sites (tertiary alicyclic amines) is 1. The van der Waals surface area contributed by atoms with E-state index in [1.807, 2.05) is 5.32 Å². The summed E-state index contributed by atoms with van der Waals surface area (Å²) in [6, 6.07) is 1.87. The van der Waals surface area contributed by atoms with E-state index in [0.29, 0.717) is 43.3 Å². The van der Waals surface area contributed by atoms with Gasteiger partial charge >= 0.3 is 0 Å². The fraction of sp³-hybridized carbons (Fsp3) is 0.423. The second-order valence-electron chi connectivity index (χ2n) is 9.68. The topological polar surface area (TPSA) is 210 Å². The minimum absolute atomic E-state index is 0.00234. The van der Waals surface area contributed by atoms with Crippen LogP contribution in [0, 0.1) is 5.82 Å². The smallest absolute Gasteiger partial charge is 0.283 e. The molecule has 0 aliphatic carbocycles. The summed E-state index contributed by atoms with van der Waals surface area (Å²) in [5.74, 6) is -10.5. The Bertz CT molecular complexity index is 1310. The molecule has 0 spiro atoms. The molecular weight excluding hydrogens is 560 g/mol. The largest absolute Gasteiger partial charge is 0.505 e. The molecule has 2 heterocycles. The molecule has 2 aliphatic rings. The van der Waals surface area contributed by atoms with Crippen LogP contribution in [-0.4, -0.2) is 124 Å². The van der Waals surface area contributed by atoms with E-state index >= 15 is 0 Å². The number of halogens is 1. The summed E-state index contributed by atoms with van der Waals surface area (Å²) in [5, 5.41) is 64.0. The number of aldehydes is 1. The van der Waals surface area contributed by atoms with E-state index in [2.05, 4.69) is 11.5 Å². The van der Waals surface area contributed by atoms with E-state index in [1.165, 1.54) is 12.1 Å². The Morgan fingerprint density at radius 2 is 1.90 bits per heavy atom. The molecule has 0 saturated carbocycles. The molecule has 16 heteroatoms. The van der Waals surface area contributed by atoms with E-state index < -0.39 is 83.0 Å². The standard InChI is InChI=1S/C26H31BFN3O11/c1-14(33)20(34)19-17(11-31(23(19)36)21(22(35)29-2)26(39,40)25(27,38)13-32)24(37)42-12-16-4-3-15(9-18(16)28)10-30-5-7-41-8-6-30/h3-4,9,13,21,33-34,37-40H,1,5-8,10-12H2,2H3,(H,29,35)/b20-19-,24-17+. The third kappa shape index (κ3) is 6.58. The summed E-state index contributed by atoms with van der Waals surface area (Å²) in [5.41, 5.74) is -4.26. The number of carbonyl (C=O) groups is 3. The summed E-state index contributed by atoms with van der Waals surface area (Å²) in [6.45, 7) is 4.63. The van der Waals surface area contributed by atoms with E-state index in [0.717, 1.165) is 7.05 Å². The highest BCUT2D eigenvalue weighted by atomic mass is 19.1. The first-order valence-electron chi connectivity index (χ1n) is 12.5. The highest BCUT2D eigenvalue weighted by molar-refractivity contribution is 6.24. The van der Waals surface area contributed by atoms with Gasteiger partial charge in [-0.1, -0.05) is 18.7 Å². The van der Waals surface area contributed by atoms with Crippen LogP contribution in [0.2, 0.25) is 0 Å². The Morgan fingerprint density at radius 1 is 1.26 bits per heavy atom. The SMILES string of the molecule is [B]C(O)(C=O)C(O)(O)C(C(=O)NC)N1CC(=C(/O)OCc2ccc(CN3CCOCC3)cc2F)/C(=C(/O)C(=C)O)C1=O. The van der Waals surface area contributed by atoms with Crippen molar-refractivity contribution in [3.05, 3.63) is 70.3 Å². The normalized spacial score (nSPS) is 20.9. The Morgan fingerprint density at radius 3 is 2.45 bits per heavy atom. The van der Waals surface area contributed by atoms with Crippen LogP contribution in [0.4, 0.5) is 4.39 Å². The molecule has 1 aromatic rings. The van der Waals surface area contributed by atoms with Crippen molar-refractivity contribution in [3.63, 3.8) is 0 Å². The lowest BCUT2D eigenvalue weighted by atomic mass is 9.72. The number of nitrogens with one attached hydrogen (secondary N) is 1. The second kappa shape index (κ2) is 12.9. The first-order valence-corrected chi connectivity index (χ1v) is 12.5. The Hall–Kier alpha value is -3.96. The molecule has 7 N–H and O–H groups in total. The van der Waals surface area contributed by atoms with Crippen molar-refractivity contribution >= 4 is 25.9 Å². The van der Waals surface area contributed by atoms with E-state index in [-0.39, 0.29) is 5.56 Å². The van der Waals surface area contributed by atoms with Gasteiger partial charge in [0.25, 0.3) is 11.9 Å². The number of hydrogen-bond donors (Lipinski definition) is 7. The fourth-order valence-corrected chi connectivity index (χ4v) is 4.41. The molecule has 14 nitrogen and oxygen atoms in total. The van der Waals surface area contributed by atoms with Crippen LogP contribution >= 0.6 is 0 Å². The molecule has 2 aliphatic heterocycles. The maximum Gasteiger partial charge on any atom is 0.283 e. The average Bonchev–Trinajstić information content (AvgIpc) is 3.28. The molecule has 2 amide bonds. The van der Waals surface area contributed by atoms with Crippen LogP contribution in [0.3, 0.4) is 0 Å². The monoisotopic (exact) mass is 591 g/mol. The molecule has 1 aromatic carbocycles. The van der Waals surface area contributed by atoms with Crippen molar-refractivity contribution in [2.24, 2.45) is 0 Å². The van der Waals surface area contributed by atoms with Crippen LogP contribution < -0.4 is 5.32 Å². The molecule has 0 bridgehead atoms. The summed E-state index contributed by atoms with van der Waals surface area (Å²) < 4.78 is 25.4. The van der Waals surface area contributed by atoms with Gasteiger partial charge in [0.1, 0.15) is 32.1 Å². The molecular formula is C26H31BFN3O11. The molecule has 0 aromatic heterocycles. The van der Waals surface area contributed by atoms with Crippen LogP contribution in [0.1, 0.15) is 11.1 Å². The van der Waals surface area contributed by atoms with Crippen molar-refractivity contribution < 1.29 is 58.9 Å². The number of hydrogen-bond acceptors (Lipinski definition) is 12. The summed E-state index contributed by atoms with van der Waals surface area (Å²) in [6.07, 6.45) is -0.481. The number of morpholine rings is 1. The lowest BCUT2D eigenvalue weighted by Gasteiger charge is -2.41. The molecule has 226 valence electrons. The fourth-order valence-electron chi connectivity index (χ4n) is 4.41. The van der Waals surface area contributed by atoms with Crippen molar-refractivity contribution in [2.75, 3.05) is 39.9 Å².